The number of carbonyl (C=O) groups is 1. The molecule has 6 heteroatoms. The maximum absolute atomic E-state index is 11.1. The van der Waals surface area contributed by atoms with Crippen molar-refractivity contribution in [3.8, 4) is 5.75 Å². The van der Waals surface area contributed by atoms with Crippen molar-refractivity contribution in [2.24, 2.45) is 0 Å². The maximum atomic E-state index is 11.1. The molecule has 0 bridgehead atoms. The monoisotopic (exact) mass is 291 g/mol. The lowest BCUT2D eigenvalue weighted by molar-refractivity contribution is -0.137. The van der Waals surface area contributed by atoms with Crippen LogP contribution in [0.1, 0.15) is 19.7 Å². The maximum Gasteiger partial charge on any atom is 0.323 e. The number of ether oxygens (including phenoxy) is 1. The van der Waals surface area contributed by atoms with Gasteiger partial charge in [0.05, 0.1) is 24.7 Å². The molecule has 21 heavy (non-hydrogen) atoms. The highest BCUT2D eigenvalue weighted by molar-refractivity contribution is 5.79. The molecule has 0 aliphatic carbocycles. The van der Waals surface area contributed by atoms with E-state index in [9.17, 15) is 4.79 Å². The normalized spacial score (nSPS) is 11.2. The third-order valence-electron chi connectivity index (χ3n) is 3.59. The molecule has 0 unspecified atom stereocenters. The lowest BCUT2D eigenvalue weighted by Crippen LogP contribution is -2.25. The first kappa shape index (κ1) is 15.3. The minimum Gasteiger partial charge on any atom is -0.497 e. The van der Waals surface area contributed by atoms with E-state index in [0.29, 0.717) is 6.54 Å². The summed E-state index contributed by atoms with van der Waals surface area (Å²) >= 11 is 0. The summed E-state index contributed by atoms with van der Waals surface area (Å²) in [7, 11) is 1.60. The van der Waals surface area contributed by atoms with Crippen molar-refractivity contribution in [3.63, 3.8) is 0 Å². The van der Waals surface area contributed by atoms with E-state index in [2.05, 4.69) is 23.7 Å². The van der Waals surface area contributed by atoms with Gasteiger partial charge in [-0.15, -0.1) is 0 Å². The van der Waals surface area contributed by atoms with Crippen LogP contribution in [-0.4, -0.2) is 45.7 Å². The van der Waals surface area contributed by atoms with E-state index in [0.717, 1.165) is 35.7 Å². The van der Waals surface area contributed by atoms with Crippen molar-refractivity contribution in [2.45, 2.75) is 26.9 Å². The van der Waals surface area contributed by atoms with Gasteiger partial charge in [0.15, 0.2) is 0 Å². The third kappa shape index (κ3) is 3.33. The molecule has 0 spiro atoms. The van der Waals surface area contributed by atoms with Crippen LogP contribution in [0.15, 0.2) is 18.2 Å². The molecule has 2 aromatic rings. The molecular formula is C15H21N3O3. The number of aromatic nitrogens is 2. The Morgan fingerprint density at radius 3 is 2.67 bits per heavy atom. The van der Waals surface area contributed by atoms with Crippen molar-refractivity contribution in [1.82, 2.24) is 14.5 Å². The first-order valence-electron chi connectivity index (χ1n) is 7.06. The second-order valence-electron chi connectivity index (χ2n) is 4.82. The number of benzene rings is 1. The van der Waals surface area contributed by atoms with E-state index in [1.54, 1.807) is 11.7 Å². The van der Waals surface area contributed by atoms with Gasteiger partial charge >= 0.3 is 5.97 Å². The summed E-state index contributed by atoms with van der Waals surface area (Å²) in [5.41, 5.74) is 1.58. The third-order valence-corrected chi connectivity index (χ3v) is 3.59. The summed E-state index contributed by atoms with van der Waals surface area (Å²) in [5, 5.41) is 9.13. The summed E-state index contributed by atoms with van der Waals surface area (Å²) in [4.78, 5) is 17.9. The first-order chi connectivity index (χ1) is 10.1. The zero-order valence-electron chi connectivity index (χ0n) is 12.7. The predicted octanol–water partition coefficient (Wildman–Crippen LogP) is 1.97. The largest absolute Gasteiger partial charge is 0.497 e. The summed E-state index contributed by atoms with van der Waals surface area (Å²) in [5.74, 6) is 0.618. The Morgan fingerprint density at radius 2 is 2.10 bits per heavy atom. The molecule has 0 radical (unpaired) electrons. The number of hydrogen-bond acceptors (Lipinski definition) is 4. The number of nitrogens with zero attached hydrogens (tertiary/aromatic N) is 3. The van der Waals surface area contributed by atoms with Crippen molar-refractivity contribution in [2.75, 3.05) is 20.2 Å². The number of aliphatic carboxylic acids is 1. The number of carboxylic acids is 1. The Labute approximate surface area is 124 Å². The van der Waals surface area contributed by atoms with Crippen LogP contribution in [0.5, 0.6) is 5.75 Å². The first-order valence-corrected chi connectivity index (χ1v) is 7.06. The SMILES string of the molecule is CCN(CC)Cc1nc2cc(OC)ccc2n1CC(=O)O. The van der Waals surface area contributed by atoms with Gasteiger partial charge in [-0.05, 0) is 25.2 Å². The Balaban J connectivity index is 2.48. The lowest BCUT2D eigenvalue weighted by atomic mass is 10.3. The molecule has 1 N–H and O–H groups in total. The van der Waals surface area contributed by atoms with Gasteiger partial charge in [0, 0.05) is 6.07 Å². The lowest BCUT2D eigenvalue weighted by Gasteiger charge is -2.18. The van der Waals surface area contributed by atoms with E-state index in [-0.39, 0.29) is 6.54 Å². The van der Waals surface area contributed by atoms with Crippen LogP contribution in [0.3, 0.4) is 0 Å². The number of carboxylic acid groups (broad SMARTS) is 1. The van der Waals surface area contributed by atoms with Gasteiger partial charge in [0.1, 0.15) is 18.1 Å². The highest BCUT2D eigenvalue weighted by atomic mass is 16.5. The van der Waals surface area contributed by atoms with Crippen molar-refractivity contribution < 1.29 is 14.6 Å². The van der Waals surface area contributed by atoms with Crippen LogP contribution in [0, 0.1) is 0 Å². The van der Waals surface area contributed by atoms with Gasteiger partial charge in [0.2, 0.25) is 0 Å². The molecular weight excluding hydrogens is 270 g/mol. The molecule has 6 nitrogen and oxygen atoms in total. The van der Waals surface area contributed by atoms with E-state index in [1.807, 2.05) is 18.2 Å². The smallest absolute Gasteiger partial charge is 0.323 e. The molecule has 1 aromatic carbocycles. The molecule has 114 valence electrons. The van der Waals surface area contributed by atoms with E-state index >= 15 is 0 Å². The van der Waals surface area contributed by atoms with Crippen LogP contribution in [0.4, 0.5) is 0 Å². The van der Waals surface area contributed by atoms with Crippen molar-refractivity contribution >= 4 is 17.0 Å². The summed E-state index contributed by atoms with van der Waals surface area (Å²) < 4.78 is 6.96. The Hall–Kier alpha value is -2.08. The minimum absolute atomic E-state index is 0.0839. The molecule has 1 heterocycles. The quantitative estimate of drug-likeness (QED) is 0.844. The van der Waals surface area contributed by atoms with Gasteiger partial charge in [-0.2, -0.15) is 0 Å². The Bertz CT molecular complexity index is 632. The molecule has 1 aromatic heterocycles. The van der Waals surface area contributed by atoms with Gasteiger partial charge in [-0.25, -0.2) is 4.98 Å². The number of hydrogen-bond donors (Lipinski definition) is 1. The standard InChI is InChI=1S/C15H21N3O3/c1-4-17(5-2)9-14-16-12-8-11(21-3)6-7-13(12)18(14)10-15(19)20/h6-8H,4-5,9-10H2,1-3H3,(H,19,20). The fraction of sp³-hybridized carbons (Fsp3) is 0.467. The molecule has 0 amide bonds. The van der Waals surface area contributed by atoms with Gasteiger partial charge < -0.3 is 14.4 Å². The van der Waals surface area contributed by atoms with Gasteiger partial charge in [0.25, 0.3) is 0 Å². The molecule has 0 fully saturated rings. The number of rotatable bonds is 7. The number of methoxy groups -OCH3 is 1. The van der Waals surface area contributed by atoms with Crippen LogP contribution >= 0.6 is 0 Å². The molecule has 2 rings (SSSR count). The van der Waals surface area contributed by atoms with Crippen LogP contribution < -0.4 is 4.74 Å². The highest BCUT2D eigenvalue weighted by Gasteiger charge is 2.15. The molecule has 0 aliphatic heterocycles. The van der Waals surface area contributed by atoms with Crippen molar-refractivity contribution in [1.29, 1.82) is 0 Å². The van der Waals surface area contributed by atoms with E-state index in [4.69, 9.17) is 9.84 Å². The van der Waals surface area contributed by atoms with Crippen molar-refractivity contribution in [3.05, 3.63) is 24.0 Å². The summed E-state index contributed by atoms with van der Waals surface area (Å²) in [6.45, 7) is 6.51. The number of fused-ring (bicyclic) bond motifs is 1. The summed E-state index contributed by atoms with van der Waals surface area (Å²) in [6.07, 6.45) is 0. The van der Waals surface area contributed by atoms with Crippen LogP contribution in [0.2, 0.25) is 0 Å². The highest BCUT2D eigenvalue weighted by Crippen LogP contribution is 2.22. The fourth-order valence-corrected chi connectivity index (χ4v) is 2.37. The Morgan fingerprint density at radius 1 is 1.38 bits per heavy atom. The number of imidazole rings is 1. The molecule has 0 aliphatic rings. The topological polar surface area (TPSA) is 67.6 Å². The van der Waals surface area contributed by atoms with Gasteiger partial charge in [-0.3, -0.25) is 9.69 Å². The average Bonchev–Trinajstić information content (AvgIpc) is 2.80. The molecule has 0 atom stereocenters. The van der Waals surface area contributed by atoms with Crippen LogP contribution in [-0.2, 0) is 17.9 Å². The second-order valence-corrected chi connectivity index (χ2v) is 4.82. The zero-order valence-corrected chi connectivity index (χ0v) is 12.7. The van der Waals surface area contributed by atoms with E-state index in [1.165, 1.54) is 0 Å². The average molecular weight is 291 g/mol. The zero-order chi connectivity index (χ0) is 15.4. The fourth-order valence-electron chi connectivity index (χ4n) is 2.37. The molecule has 0 saturated carbocycles. The molecule has 0 saturated heterocycles. The van der Waals surface area contributed by atoms with Crippen LogP contribution in [0.25, 0.3) is 11.0 Å². The van der Waals surface area contributed by atoms with E-state index < -0.39 is 5.97 Å². The predicted molar refractivity (Wildman–Crippen MR) is 80.5 cm³/mol. The van der Waals surface area contributed by atoms with Gasteiger partial charge in [-0.1, -0.05) is 13.8 Å². The minimum atomic E-state index is -0.870. The second kappa shape index (κ2) is 6.58. The Kier molecular flexibility index (Phi) is 4.80. The summed E-state index contributed by atoms with van der Waals surface area (Å²) in [6, 6.07) is 5.51.